The van der Waals surface area contributed by atoms with Crippen molar-refractivity contribution in [3.8, 4) is 0 Å². The third kappa shape index (κ3) is 4.94. The van der Waals surface area contributed by atoms with Crippen molar-refractivity contribution in [3.05, 3.63) is 0 Å². The molecule has 4 nitrogen and oxygen atoms in total. The van der Waals surface area contributed by atoms with Crippen LogP contribution in [0.25, 0.3) is 0 Å². The maximum absolute atomic E-state index is 11.9. The average molecular weight is 256 g/mol. The van der Waals surface area contributed by atoms with Gasteiger partial charge in [-0.25, -0.2) is 0 Å². The van der Waals surface area contributed by atoms with Gasteiger partial charge in [-0.3, -0.25) is 4.79 Å². The van der Waals surface area contributed by atoms with Gasteiger partial charge in [-0.05, 0) is 18.8 Å². The quantitative estimate of drug-likeness (QED) is 0.723. The number of nitrogens with one attached hydrogen (secondary N) is 1. The monoisotopic (exact) mass is 256 g/mol. The first-order valence-electron chi connectivity index (χ1n) is 7.33. The minimum atomic E-state index is 0.165. The van der Waals surface area contributed by atoms with Crippen molar-refractivity contribution in [2.75, 3.05) is 26.2 Å². The van der Waals surface area contributed by atoms with Gasteiger partial charge in [0.2, 0.25) is 5.91 Å². The van der Waals surface area contributed by atoms with Crippen LogP contribution in [0.1, 0.15) is 46.0 Å². The topological polar surface area (TPSA) is 52.6 Å². The van der Waals surface area contributed by atoms with Crippen LogP contribution in [-0.2, 0) is 4.79 Å². The van der Waals surface area contributed by atoms with Gasteiger partial charge in [-0.1, -0.05) is 26.7 Å². The normalized spacial score (nSPS) is 24.3. The number of amides is 1. The first-order chi connectivity index (χ1) is 8.71. The maximum atomic E-state index is 11.9. The smallest absolute Gasteiger partial charge is 0.222 e. The molecule has 2 N–H and O–H groups in total. The van der Waals surface area contributed by atoms with Gasteiger partial charge >= 0.3 is 0 Å². The van der Waals surface area contributed by atoms with Gasteiger partial charge in [0.05, 0.1) is 6.61 Å². The summed E-state index contributed by atoms with van der Waals surface area (Å²) >= 11 is 0. The largest absolute Gasteiger partial charge is 0.395 e. The Bertz CT molecular complexity index is 230. The Hall–Kier alpha value is -0.610. The minimum absolute atomic E-state index is 0.165. The summed E-state index contributed by atoms with van der Waals surface area (Å²) in [6.07, 6.45) is 5.39. The summed E-state index contributed by atoms with van der Waals surface area (Å²) in [5.74, 6) is 0.873. The van der Waals surface area contributed by atoms with E-state index >= 15 is 0 Å². The molecule has 1 saturated heterocycles. The van der Waals surface area contributed by atoms with Gasteiger partial charge in [0.25, 0.3) is 0 Å². The SMILES string of the molecule is CCCCC1CC(NCCO)CN(C(=O)CC)C1. The molecule has 1 aliphatic heterocycles. The van der Waals surface area contributed by atoms with Crippen LogP contribution in [0.4, 0.5) is 0 Å². The van der Waals surface area contributed by atoms with E-state index in [9.17, 15) is 4.79 Å². The Morgan fingerprint density at radius 3 is 2.78 bits per heavy atom. The average Bonchev–Trinajstić information content (AvgIpc) is 2.41. The lowest BCUT2D eigenvalue weighted by atomic mass is 9.89. The Kier molecular flexibility index (Phi) is 7.28. The molecular formula is C14H28N2O2. The number of aliphatic hydroxyl groups is 1. The molecule has 2 atom stereocenters. The fourth-order valence-corrected chi connectivity index (χ4v) is 2.75. The number of unbranched alkanes of at least 4 members (excludes halogenated alkanes) is 1. The molecule has 0 aromatic heterocycles. The Labute approximate surface area is 111 Å². The summed E-state index contributed by atoms with van der Waals surface area (Å²) in [5.41, 5.74) is 0. The molecule has 0 bridgehead atoms. The summed E-state index contributed by atoms with van der Waals surface area (Å²) < 4.78 is 0. The molecule has 1 amide bonds. The first kappa shape index (κ1) is 15.4. The lowest BCUT2D eigenvalue weighted by molar-refractivity contribution is -0.133. The fourth-order valence-electron chi connectivity index (χ4n) is 2.75. The van der Waals surface area contributed by atoms with Crippen molar-refractivity contribution in [2.24, 2.45) is 5.92 Å². The minimum Gasteiger partial charge on any atom is -0.395 e. The summed E-state index contributed by atoms with van der Waals surface area (Å²) in [5, 5.41) is 12.2. The van der Waals surface area contributed by atoms with Crippen LogP contribution in [0.3, 0.4) is 0 Å². The number of rotatable bonds is 7. The third-order valence-electron chi connectivity index (χ3n) is 3.70. The van der Waals surface area contributed by atoms with Gasteiger partial charge in [0, 0.05) is 32.1 Å². The number of carbonyl (C=O) groups is 1. The van der Waals surface area contributed by atoms with E-state index in [2.05, 4.69) is 12.2 Å². The first-order valence-corrected chi connectivity index (χ1v) is 7.33. The van der Waals surface area contributed by atoms with Gasteiger partial charge in [0.15, 0.2) is 0 Å². The van der Waals surface area contributed by atoms with Crippen LogP contribution < -0.4 is 5.32 Å². The zero-order chi connectivity index (χ0) is 13.4. The zero-order valence-corrected chi connectivity index (χ0v) is 11.8. The molecule has 2 unspecified atom stereocenters. The molecule has 1 aliphatic rings. The van der Waals surface area contributed by atoms with Crippen LogP contribution >= 0.6 is 0 Å². The van der Waals surface area contributed by atoms with E-state index in [0.717, 1.165) is 19.5 Å². The highest BCUT2D eigenvalue weighted by Gasteiger charge is 2.28. The van der Waals surface area contributed by atoms with E-state index in [4.69, 9.17) is 5.11 Å². The number of carbonyl (C=O) groups excluding carboxylic acids is 1. The summed E-state index contributed by atoms with van der Waals surface area (Å²) in [6.45, 7) is 6.64. The maximum Gasteiger partial charge on any atom is 0.222 e. The van der Waals surface area contributed by atoms with Crippen LogP contribution in [-0.4, -0.2) is 48.2 Å². The zero-order valence-electron chi connectivity index (χ0n) is 11.8. The Morgan fingerprint density at radius 1 is 1.39 bits per heavy atom. The predicted octanol–water partition coefficient (Wildman–Crippen LogP) is 1.39. The van der Waals surface area contributed by atoms with Gasteiger partial charge < -0.3 is 15.3 Å². The molecule has 18 heavy (non-hydrogen) atoms. The van der Waals surface area contributed by atoms with Crippen molar-refractivity contribution in [2.45, 2.75) is 52.0 Å². The molecule has 0 spiro atoms. The molecule has 0 radical (unpaired) electrons. The summed E-state index contributed by atoms with van der Waals surface area (Å²) in [4.78, 5) is 13.9. The second-order valence-corrected chi connectivity index (χ2v) is 5.27. The number of nitrogens with zero attached hydrogens (tertiary/aromatic N) is 1. The standard InChI is InChI=1S/C14H28N2O2/c1-3-5-6-12-9-13(15-7-8-17)11-16(10-12)14(18)4-2/h12-13,15,17H,3-11H2,1-2H3. The second-order valence-electron chi connectivity index (χ2n) is 5.27. The van der Waals surface area contributed by atoms with Crippen molar-refractivity contribution in [1.29, 1.82) is 0 Å². The molecule has 0 aliphatic carbocycles. The molecule has 1 heterocycles. The predicted molar refractivity (Wildman–Crippen MR) is 73.4 cm³/mol. The summed E-state index contributed by atoms with van der Waals surface area (Å²) in [6, 6.07) is 0.350. The number of hydrogen-bond acceptors (Lipinski definition) is 3. The molecule has 4 heteroatoms. The number of likely N-dealkylation sites (tertiary alicyclic amines) is 1. The van der Waals surface area contributed by atoms with Crippen molar-refractivity contribution >= 4 is 5.91 Å². The van der Waals surface area contributed by atoms with Crippen LogP contribution in [0.5, 0.6) is 0 Å². The van der Waals surface area contributed by atoms with Crippen LogP contribution in [0.15, 0.2) is 0 Å². The van der Waals surface area contributed by atoms with E-state index in [1.807, 2.05) is 11.8 Å². The van der Waals surface area contributed by atoms with Crippen molar-refractivity contribution in [1.82, 2.24) is 10.2 Å². The van der Waals surface area contributed by atoms with Gasteiger partial charge in [-0.2, -0.15) is 0 Å². The van der Waals surface area contributed by atoms with E-state index < -0.39 is 0 Å². The van der Waals surface area contributed by atoms with Crippen molar-refractivity contribution in [3.63, 3.8) is 0 Å². The number of aliphatic hydroxyl groups excluding tert-OH is 1. The van der Waals surface area contributed by atoms with Gasteiger partial charge in [0.1, 0.15) is 0 Å². The third-order valence-corrected chi connectivity index (χ3v) is 3.70. The Balaban J connectivity index is 2.51. The fraction of sp³-hybridized carbons (Fsp3) is 0.929. The van der Waals surface area contributed by atoms with Gasteiger partial charge in [-0.15, -0.1) is 0 Å². The molecule has 0 saturated carbocycles. The van der Waals surface area contributed by atoms with Crippen LogP contribution in [0, 0.1) is 5.92 Å². The number of piperidine rings is 1. The Morgan fingerprint density at radius 2 is 2.17 bits per heavy atom. The van der Waals surface area contributed by atoms with E-state index in [-0.39, 0.29) is 12.5 Å². The van der Waals surface area contributed by atoms with E-state index in [1.54, 1.807) is 0 Å². The molecule has 1 fully saturated rings. The highest BCUT2D eigenvalue weighted by atomic mass is 16.3. The second kappa shape index (κ2) is 8.48. The lowest BCUT2D eigenvalue weighted by Crippen LogP contribution is -2.51. The summed E-state index contributed by atoms with van der Waals surface area (Å²) in [7, 11) is 0. The van der Waals surface area contributed by atoms with E-state index in [1.165, 1.54) is 19.3 Å². The molecular weight excluding hydrogens is 228 g/mol. The van der Waals surface area contributed by atoms with Crippen LogP contribution in [0.2, 0.25) is 0 Å². The highest BCUT2D eigenvalue weighted by Crippen LogP contribution is 2.22. The lowest BCUT2D eigenvalue weighted by Gasteiger charge is -2.38. The highest BCUT2D eigenvalue weighted by molar-refractivity contribution is 5.76. The molecule has 1 rings (SSSR count). The van der Waals surface area contributed by atoms with Crippen molar-refractivity contribution < 1.29 is 9.90 Å². The molecule has 106 valence electrons. The molecule has 0 aromatic carbocycles. The van der Waals surface area contributed by atoms with E-state index in [0.29, 0.717) is 24.9 Å². The molecule has 0 aromatic rings. The number of hydrogen-bond donors (Lipinski definition) is 2.